The van der Waals surface area contributed by atoms with Gasteiger partial charge in [0.05, 0.1) is 35.7 Å². The molecule has 5 rings (SSSR count). The second-order valence-electron chi connectivity index (χ2n) is 11.9. The van der Waals surface area contributed by atoms with Gasteiger partial charge < -0.3 is 34.3 Å². The number of esters is 2. The molecule has 4 aliphatic rings. The molecule has 3 N–H and O–H groups in total. The van der Waals surface area contributed by atoms with Gasteiger partial charge in [-0.2, -0.15) is 0 Å². The molecule has 1 aromatic rings. The number of allylic oxidation sites excluding steroid dienone is 1. The van der Waals surface area contributed by atoms with Gasteiger partial charge in [0.1, 0.15) is 24.1 Å². The molecule has 9 atom stereocenters. The molecule has 1 heterocycles. The minimum atomic E-state index is -1.98. The molecule has 38 heavy (non-hydrogen) atoms. The van der Waals surface area contributed by atoms with E-state index in [4.69, 9.17) is 14.2 Å². The van der Waals surface area contributed by atoms with Crippen LogP contribution in [0.3, 0.4) is 0 Å². The zero-order chi connectivity index (χ0) is 27.7. The number of carbonyl (C=O) groups excluding carboxylic acids is 3. The summed E-state index contributed by atoms with van der Waals surface area (Å²) >= 11 is 0. The molecular formula is C29H36O9. The molecule has 0 aromatic heterocycles. The lowest BCUT2D eigenvalue weighted by molar-refractivity contribution is -0.352. The Labute approximate surface area is 221 Å². The Kier molecular flexibility index (Phi) is 6.38. The topological polar surface area (TPSA) is 140 Å². The Bertz CT molecular complexity index is 1180. The molecule has 3 aliphatic carbocycles. The highest BCUT2D eigenvalue weighted by Gasteiger charge is 2.75. The minimum Gasteiger partial charge on any atom is -0.455 e. The van der Waals surface area contributed by atoms with Crippen LogP contribution in [-0.4, -0.2) is 75.8 Å². The van der Waals surface area contributed by atoms with E-state index in [2.05, 4.69) is 0 Å². The van der Waals surface area contributed by atoms with Gasteiger partial charge in [-0.15, -0.1) is 0 Å². The van der Waals surface area contributed by atoms with Gasteiger partial charge >= 0.3 is 11.9 Å². The van der Waals surface area contributed by atoms with Crippen LogP contribution < -0.4 is 0 Å². The highest BCUT2D eigenvalue weighted by molar-refractivity contribution is 5.89. The van der Waals surface area contributed by atoms with E-state index in [-0.39, 0.29) is 31.4 Å². The predicted molar refractivity (Wildman–Crippen MR) is 134 cm³/mol. The predicted octanol–water partition coefficient (Wildman–Crippen LogP) is 2.11. The molecule has 1 saturated heterocycles. The smallest absolute Gasteiger partial charge is 0.338 e. The number of fused-ring (bicyclic) bond motifs is 5. The summed E-state index contributed by atoms with van der Waals surface area (Å²) in [6, 6.07) is 8.29. The quantitative estimate of drug-likeness (QED) is 0.305. The Morgan fingerprint density at radius 3 is 2.42 bits per heavy atom. The Morgan fingerprint density at radius 2 is 1.84 bits per heavy atom. The maximum atomic E-state index is 13.6. The lowest BCUT2D eigenvalue weighted by Crippen LogP contribution is -2.80. The third-order valence-corrected chi connectivity index (χ3v) is 9.84. The van der Waals surface area contributed by atoms with Crippen LogP contribution in [0.5, 0.6) is 0 Å². The third kappa shape index (κ3) is 3.55. The number of carbonyl (C=O) groups is 3. The van der Waals surface area contributed by atoms with E-state index in [1.807, 2.05) is 6.92 Å². The number of benzene rings is 1. The first-order valence-electron chi connectivity index (χ1n) is 13.2. The lowest BCUT2D eigenvalue weighted by Gasteiger charge is -2.67. The van der Waals surface area contributed by atoms with Crippen molar-refractivity contribution >= 4 is 18.2 Å². The van der Waals surface area contributed by atoms with Crippen molar-refractivity contribution in [2.45, 2.75) is 89.0 Å². The van der Waals surface area contributed by atoms with Crippen LogP contribution in [0.2, 0.25) is 0 Å². The standard InChI is InChI=1S/C29H36O9/c1-16-10-11-29(35)24(37-25(34)18-8-6-5-7-9-18)23-26(3,13-19(32)22(16)27(29,4)14-30)20(33)12-21-28(23,15-36-21)38-17(2)31/h5-9,14,19-21,23-24,32-33,35H,10-13,15H2,1-4H3. The molecule has 9 nitrogen and oxygen atoms in total. The zero-order valence-electron chi connectivity index (χ0n) is 22.2. The van der Waals surface area contributed by atoms with Crippen molar-refractivity contribution in [2.75, 3.05) is 6.61 Å². The van der Waals surface area contributed by atoms with Crippen LogP contribution in [0.25, 0.3) is 0 Å². The van der Waals surface area contributed by atoms with Gasteiger partial charge in [-0.1, -0.05) is 30.7 Å². The molecule has 0 spiro atoms. The summed E-state index contributed by atoms with van der Waals surface area (Å²) in [6.45, 7) is 6.37. The van der Waals surface area contributed by atoms with Crippen LogP contribution >= 0.6 is 0 Å². The van der Waals surface area contributed by atoms with E-state index in [9.17, 15) is 29.7 Å². The number of aldehydes is 1. The largest absolute Gasteiger partial charge is 0.455 e. The Balaban J connectivity index is 1.77. The van der Waals surface area contributed by atoms with E-state index >= 15 is 0 Å². The van der Waals surface area contributed by atoms with E-state index in [1.54, 1.807) is 44.2 Å². The second-order valence-corrected chi connectivity index (χ2v) is 11.9. The van der Waals surface area contributed by atoms with Crippen molar-refractivity contribution in [1.29, 1.82) is 0 Å². The number of rotatable bonds is 4. The van der Waals surface area contributed by atoms with Gasteiger partial charge in [-0.25, -0.2) is 4.79 Å². The summed E-state index contributed by atoms with van der Waals surface area (Å²) in [4.78, 5) is 38.8. The molecular weight excluding hydrogens is 492 g/mol. The fraction of sp³-hybridized carbons (Fsp3) is 0.621. The highest BCUT2D eigenvalue weighted by Crippen LogP contribution is 2.64. The maximum Gasteiger partial charge on any atom is 0.338 e. The summed E-state index contributed by atoms with van der Waals surface area (Å²) in [5.41, 5.74) is -4.72. The number of ether oxygens (including phenoxy) is 3. The van der Waals surface area contributed by atoms with Crippen molar-refractivity contribution < 1.29 is 43.9 Å². The summed E-state index contributed by atoms with van der Waals surface area (Å²) in [5.74, 6) is -2.30. The van der Waals surface area contributed by atoms with Crippen LogP contribution in [0.15, 0.2) is 41.5 Å². The summed E-state index contributed by atoms with van der Waals surface area (Å²) < 4.78 is 17.9. The lowest BCUT2D eigenvalue weighted by atomic mass is 9.45. The molecule has 0 radical (unpaired) electrons. The van der Waals surface area contributed by atoms with Gasteiger partial charge in [0, 0.05) is 18.8 Å². The van der Waals surface area contributed by atoms with Crippen LogP contribution in [0, 0.1) is 16.7 Å². The molecule has 2 saturated carbocycles. The Morgan fingerprint density at radius 1 is 1.16 bits per heavy atom. The normalized spacial score (nSPS) is 43.9. The number of aliphatic hydroxyl groups excluding tert-OH is 2. The van der Waals surface area contributed by atoms with E-state index in [0.717, 1.165) is 5.57 Å². The molecule has 1 aliphatic heterocycles. The van der Waals surface area contributed by atoms with Crippen LogP contribution in [-0.2, 0) is 23.8 Å². The molecule has 3 fully saturated rings. The van der Waals surface area contributed by atoms with Crippen molar-refractivity contribution in [3.8, 4) is 0 Å². The number of hydrogen-bond acceptors (Lipinski definition) is 9. The molecule has 1 aromatic carbocycles. The monoisotopic (exact) mass is 528 g/mol. The van der Waals surface area contributed by atoms with Gasteiger partial charge in [0.15, 0.2) is 5.60 Å². The first kappa shape index (κ1) is 27.0. The SMILES string of the molecule is CC(=O)OC12COC1CC(O)C1(C)CC(O)C3=C(C)CCC(O)(C(OC(=O)c4ccccc4)C12)C3(C)C=O. The van der Waals surface area contributed by atoms with Gasteiger partial charge in [0.25, 0.3) is 0 Å². The van der Waals surface area contributed by atoms with Gasteiger partial charge in [-0.05, 0) is 50.8 Å². The van der Waals surface area contributed by atoms with Crippen molar-refractivity contribution in [3.05, 3.63) is 47.0 Å². The van der Waals surface area contributed by atoms with Crippen LogP contribution in [0.4, 0.5) is 0 Å². The third-order valence-electron chi connectivity index (χ3n) is 9.84. The maximum absolute atomic E-state index is 13.6. The first-order chi connectivity index (χ1) is 17.8. The Hall–Kier alpha value is -2.59. The van der Waals surface area contributed by atoms with Crippen molar-refractivity contribution in [2.24, 2.45) is 16.7 Å². The van der Waals surface area contributed by atoms with Crippen molar-refractivity contribution in [3.63, 3.8) is 0 Å². The summed E-state index contributed by atoms with van der Waals surface area (Å²) in [5, 5.41) is 35.7. The second kappa shape index (κ2) is 8.98. The zero-order valence-corrected chi connectivity index (χ0v) is 22.2. The van der Waals surface area contributed by atoms with Gasteiger partial charge in [-0.3, -0.25) is 4.79 Å². The first-order valence-corrected chi connectivity index (χ1v) is 13.2. The average molecular weight is 529 g/mol. The summed E-state index contributed by atoms with van der Waals surface area (Å²) in [7, 11) is 0. The highest BCUT2D eigenvalue weighted by atomic mass is 16.6. The molecule has 0 amide bonds. The van der Waals surface area contributed by atoms with E-state index in [1.165, 1.54) is 6.92 Å². The number of aliphatic hydroxyl groups is 3. The number of hydrogen-bond donors (Lipinski definition) is 3. The fourth-order valence-electron chi connectivity index (χ4n) is 7.85. The molecule has 9 heteroatoms. The molecule has 2 bridgehead atoms. The molecule has 206 valence electrons. The fourth-order valence-corrected chi connectivity index (χ4v) is 7.85. The van der Waals surface area contributed by atoms with Crippen molar-refractivity contribution in [1.82, 2.24) is 0 Å². The van der Waals surface area contributed by atoms with E-state index < -0.39 is 64.3 Å². The van der Waals surface area contributed by atoms with Crippen LogP contribution in [0.1, 0.15) is 63.7 Å². The molecule has 9 unspecified atom stereocenters. The summed E-state index contributed by atoms with van der Waals surface area (Å²) in [6.07, 6.45) is -3.14. The van der Waals surface area contributed by atoms with E-state index in [0.29, 0.717) is 18.3 Å². The minimum absolute atomic E-state index is 0.000138. The average Bonchev–Trinajstić information content (AvgIpc) is 2.86. The van der Waals surface area contributed by atoms with Gasteiger partial charge in [0.2, 0.25) is 0 Å².